The summed E-state index contributed by atoms with van der Waals surface area (Å²) in [5.74, 6) is 1.80. The van der Waals surface area contributed by atoms with Gasteiger partial charge in [0.15, 0.2) is 0 Å². The number of aryl methyl sites for hydroxylation is 3. The maximum Gasteiger partial charge on any atom is 0.416 e. The first kappa shape index (κ1) is 120. The average Bonchev–Trinajstić information content (AvgIpc) is 1.61. The summed E-state index contributed by atoms with van der Waals surface area (Å²) in [5, 5.41) is 11.7. The van der Waals surface area contributed by atoms with Crippen LogP contribution in [0, 0.1) is 54.3 Å². The lowest BCUT2D eigenvalue weighted by Crippen LogP contribution is -2.45. The maximum atomic E-state index is 12.8. The van der Waals surface area contributed by atoms with E-state index < -0.39 is 18.1 Å². The number of imide groups is 2. The Morgan fingerprint density at radius 2 is 0.942 bits per heavy atom. The van der Waals surface area contributed by atoms with Crippen molar-refractivity contribution in [2.45, 2.75) is 196 Å². The van der Waals surface area contributed by atoms with Crippen molar-refractivity contribution in [3.8, 4) is 0 Å². The Labute approximate surface area is 859 Å². The fourth-order valence-electron chi connectivity index (χ4n) is 14.5. The number of pyridine rings is 3. The first-order chi connectivity index (χ1) is 67.5. The van der Waals surface area contributed by atoms with E-state index >= 15 is 0 Å². The molecule has 8 heterocycles. The van der Waals surface area contributed by atoms with Gasteiger partial charge in [0.05, 0.1) is 95.8 Å². The van der Waals surface area contributed by atoms with Gasteiger partial charge < -0.3 is 57.8 Å². The third-order valence-electron chi connectivity index (χ3n) is 22.8. The number of fused-ring (bicyclic) bond motifs is 1. The van der Waals surface area contributed by atoms with Crippen LogP contribution in [0.3, 0.4) is 0 Å². The van der Waals surface area contributed by atoms with Gasteiger partial charge in [-0.15, -0.1) is 32.9 Å². The Kier molecular flexibility index (Phi) is 64.3. The number of amides is 5. The van der Waals surface area contributed by atoms with Crippen LogP contribution in [-0.4, -0.2) is 168 Å². The van der Waals surface area contributed by atoms with Crippen molar-refractivity contribution in [1.82, 2.24) is 30.1 Å². The first-order valence-corrected chi connectivity index (χ1v) is 51.7. The molecule has 5 fully saturated rings. The zero-order chi connectivity index (χ0) is 101. The molecule has 3 aromatic heterocycles. The normalized spacial score (nSPS) is 16.7. The second kappa shape index (κ2) is 74.5. The molecule has 5 saturated heterocycles. The molecule has 0 unspecified atom stereocenters. The monoisotopic (exact) mass is 2150 g/mol. The van der Waals surface area contributed by atoms with E-state index in [9.17, 15) is 24.0 Å². The van der Waals surface area contributed by atoms with Crippen LogP contribution >= 0.6 is 54.5 Å². The second-order valence-electron chi connectivity index (χ2n) is 35.4. The smallest absolute Gasteiger partial charge is 0.416 e. The minimum Gasteiger partial charge on any atom is -0.447 e. The highest BCUT2D eigenvalue weighted by Crippen LogP contribution is 2.32. The number of allylic oxidation sites excluding steroid dienone is 6. The van der Waals surface area contributed by atoms with Gasteiger partial charge in [0, 0.05) is 68.4 Å². The molecular formula is C114H153Br2IN6O16. The molecular weight excluding hydrogens is 2000 g/mol. The summed E-state index contributed by atoms with van der Waals surface area (Å²) in [6.07, 6.45) is 27.8. The molecule has 5 amide bonds. The van der Waals surface area contributed by atoms with Crippen LogP contribution in [-0.2, 0) is 103 Å². The number of carbonyl (C=O) groups is 5. The molecule has 25 heteroatoms. The molecule has 5 aliphatic heterocycles. The van der Waals surface area contributed by atoms with E-state index in [0.717, 1.165) is 134 Å². The lowest BCUT2D eigenvalue weighted by molar-refractivity contribution is -0.136. The quantitative estimate of drug-likeness (QED) is 0.00903. The number of carbonyl (C=O) groups excluding carboxylic acids is 5. The molecule has 0 bridgehead atoms. The number of aliphatic hydroxyl groups is 1. The van der Waals surface area contributed by atoms with Crippen LogP contribution in [0.2, 0.25) is 0 Å². The van der Waals surface area contributed by atoms with Crippen molar-refractivity contribution in [2.24, 2.45) is 47.3 Å². The number of hydrogen-bond acceptors (Lipinski definition) is 19. The molecule has 1 aliphatic carbocycles. The molecule has 5 aromatic carbocycles. The number of hydrogen-bond donors (Lipinski definition) is 2. The lowest BCUT2D eigenvalue weighted by Gasteiger charge is -2.26. The second-order valence-corrected chi connectivity index (χ2v) is 37.8. The Morgan fingerprint density at radius 1 is 0.511 bits per heavy atom. The molecule has 22 nitrogen and oxygen atoms in total. The minimum absolute atomic E-state index is 0.116. The van der Waals surface area contributed by atoms with Crippen molar-refractivity contribution in [1.29, 1.82) is 0 Å². The third kappa shape index (κ3) is 51.2. The van der Waals surface area contributed by atoms with Gasteiger partial charge in [0.1, 0.15) is 29.0 Å². The summed E-state index contributed by atoms with van der Waals surface area (Å²) in [4.78, 5) is 73.5. The topological polar surface area (TPSA) is 255 Å². The first-order valence-electron chi connectivity index (χ1n) is 48.6. The highest BCUT2D eigenvalue weighted by Gasteiger charge is 2.42. The minimum atomic E-state index is -0.559. The molecule has 6 aliphatic rings. The number of halogens is 3. The Balaban J connectivity index is 0.000000280. The predicted octanol–water partition coefficient (Wildman–Crippen LogP) is 25.5. The van der Waals surface area contributed by atoms with E-state index in [-0.39, 0.29) is 73.6 Å². The summed E-state index contributed by atoms with van der Waals surface area (Å²) < 4.78 is 56.2. The van der Waals surface area contributed by atoms with E-state index in [0.29, 0.717) is 95.8 Å². The maximum absolute atomic E-state index is 12.8. The molecule has 14 rings (SSSR count). The molecule has 0 saturated carbocycles. The Hall–Kier alpha value is -9.49. The third-order valence-corrected chi connectivity index (χ3v) is 25.6. The number of aliphatic hydroxyl groups excluding tert-OH is 1. The summed E-state index contributed by atoms with van der Waals surface area (Å²) in [6.45, 7) is 48.3. The van der Waals surface area contributed by atoms with Crippen LogP contribution in [0.5, 0.6) is 0 Å². The number of alkyl carbamates (subject to hydrolysis) is 1. The fourth-order valence-corrected chi connectivity index (χ4v) is 15.8. The number of rotatable bonds is 40. The van der Waals surface area contributed by atoms with Crippen molar-refractivity contribution in [2.75, 3.05) is 90.3 Å². The number of nitrogens with zero attached hydrogens (tertiary/aromatic N) is 5. The van der Waals surface area contributed by atoms with E-state index in [1.807, 2.05) is 186 Å². The van der Waals surface area contributed by atoms with Crippen molar-refractivity contribution >= 4 is 90.1 Å². The molecule has 756 valence electrons. The number of nitrogens with one attached hydrogen (secondary N) is 1. The van der Waals surface area contributed by atoms with Crippen molar-refractivity contribution in [3.05, 3.63) is 336 Å². The summed E-state index contributed by atoms with van der Waals surface area (Å²) in [6, 6.07) is 62.8. The standard InChI is InChI=1S/C19H22BrNO.C19H25NO4.C19H21NO.C13H17IO.C13H18O2.C11H17NO3.C6H6BrN.C6H11NO2.2C4H8O/c1-2-7-16(11-12-18-10-6-13-21-19(18)20)14-22-15-17-8-4-3-5-9-17;1-4-8-16(12-23-11-15-9-6-5-7-10-15)18(21)20-17(14(2)3)13-24-19(20)22;1-15-12-17(9-10-18-8-5-11-20-19(15)18)14-21-13-16-6-3-2-4-7-16;2*1-2-6-13(9-14)11-15-10-12-7-4-3-5-8-12;1-4-5-6-10(13)12-9(8(2)3)7-15-11(12)14;1-5-3-2-4-8-6(5)7;1-4(2)5-3-9-6(8)7-5;2*1-2-4-5-3-1/h2-6,8-10,13,16H,1,7,11-12,14-15H2;4-7,9-10,14,16-17H,1,8,11-13H2,2-3H3;2-8,11,17H,1,9-10,12-14H2;2-5,7-8,13H,1,6,9-11H2;2-5,7-8,13-14H,1,6,9-11H2;4,8-9H,1,5-7H2,2-3H3;2-4H,1H3;4-5H,3H2,1-2H3,(H,7,8);2*1-4H2/t16-;16-,17-;17-;2*13-;9-;;5-;;/m011001.1../s1. The largest absolute Gasteiger partial charge is 0.447 e. The average molecular weight is 2150 g/mol. The number of cyclic esters (lactones) is 3. The van der Waals surface area contributed by atoms with Crippen LogP contribution in [0.1, 0.15) is 175 Å². The molecule has 139 heavy (non-hydrogen) atoms. The van der Waals surface area contributed by atoms with Crippen molar-refractivity contribution in [3.63, 3.8) is 0 Å². The zero-order valence-corrected chi connectivity index (χ0v) is 88.4. The highest BCUT2D eigenvalue weighted by atomic mass is 127. The van der Waals surface area contributed by atoms with Gasteiger partial charge in [-0.2, -0.15) is 0 Å². The van der Waals surface area contributed by atoms with Crippen molar-refractivity contribution < 1.29 is 76.4 Å². The number of ether oxygens (including phenoxy) is 10. The van der Waals surface area contributed by atoms with Gasteiger partial charge in [-0.1, -0.05) is 271 Å². The fraction of sp³-hybridized carbons (Fsp3) is 0.456. The summed E-state index contributed by atoms with van der Waals surface area (Å²) >= 11 is 9.19. The summed E-state index contributed by atoms with van der Waals surface area (Å²) in [5.41, 5.74) is 11.9. The van der Waals surface area contributed by atoms with E-state index in [1.165, 1.54) is 68.9 Å². The molecule has 0 spiro atoms. The van der Waals surface area contributed by atoms with E-state index in [2.05, 4.69) is 193 Å². The molecule has 0 radical (unpaired) electrons. The van der Waals surface area contributed by atoms with Crippen LogP contribution in [0.25, 0.3) is 5.57 Å². The van der Waals surface area contributed by atoms with Gasteiger partial charge in [-0.05, 0) is 232 Å². The van der Waals surface area contributed by atoms with Gasteiger partial charge in [-0.25, -0.2) is 34.2 Å². The predicted molar refractivity (Wildman–Crippen MR) is 573 cm³/mol. The van der Waals surface area contributed by atoms with Gasteiger partial charge in [0.25, 0.3) is 0 Å². The molecule has 8 atom stereocenters. The highest BCUT2D eigenvalue weighted by molar-refractivity contribution is 14.1. The molecule has 2 N–H and O–H groups in total. The van der Waals surface area contributed by atoms with Gasteiger partial charge >= 0.3 is 18.3 Å². The van der Waals surface area contributed by atoms with E-state index in [4.69, 9.17) is 47.7 Å². The number of benzene rings is 5. The SMILES string of the molecule is C1CCOC1.C1CCOC1.C=C1C[C@H](COCc2ccccc2)CCc2cccnc21.C=CCCC(=O)N1C(=O)OC[C@@H]1C(C)C.C=CC[C@@H](CCc1cccnc1Br)COCc1ccccc1.C=CC[C@@H](CI)COCc1ccccc1.C=CC[C@@H](CO)COCc1ccccc1.C=CC[C@H](COCc1ccccc1)C(=O)N1C(=O)OC[C@@H]1C(C)C.CC(C)[C@H]1COC(=O)N1.Cc1cccnc1Br. The number of alkyl halides is 1. The Bertz CT molecular complexity index is 4610. The van der Waals surface area contributed by atoms with Crippen LogP contribution in [0.4, 0.5) is 14.4 Å². The lowest BCUT2D eigenvalue weighted by atomic mass is 9.98. The zero-order valence-electron chi connectivity index (χ0n) is 83.1. The number of aromatic nitrogens is 3. The van der Waals surface area contributed by atoms with Crippen LogP contribution < -0.4 is 5.32 Å². The van der Waals surface area contributed by atoms with Gasteiger partial charge in [0.2, 0.25) is 11.8 Å². The van der Waals surface area contributed by atoms with Gasteiger partial charge in [-0.3, -0.25) is 14.6 Å². The Morgan fingerprint density at radius 3 is 1.35 bits per heavy atom. The van der Waals surface area contributed by atoms with E-state index in [1.54, 1.807) is 24.5 Å². The molecule has 8 aromatic rings. The van der Waals surface area contributed by atoms with Crippen LogP contribution in [0.15, 0.2) is 286 Å². The summed E-state index contributed by atoms with van der Waals surface area (Å²) in [7, 11) is 0.